The zero-order valence-electron chi connectivity index (χ0n) is 12.1. The number of likely N-dealkylation sites (tertiary alicyclic amines) is 1. The van der Waals surface area contributed by atoms with Gasteiger partial charge in [-0.2, -0.15) is 0 Å². The van der Waals surface area contributed by atoms with Crippen molar-refractivity contribution in [2.24, 2.45) is 0 Å². The van der Waals surface area contributed by atoms with Crippen LogP contribution in [0.2, 0.25) is 10.0 Å². The van der Waals surface area contributed by atoms with E-state index in [1.807, 2.05) is 0 Å². The Hall–Kier alpha value is -0.520. The Kier molecular flexibility index (Phi) is 6.58. The molecule has 0 aliphatic carbocycles. The number of hydrogen-bond donors (Lipinski definition) is 1. The molecule has 0 radical (unpaired) electrons. The van der Waals surface area contributed by atoms with E-state index in [0.717, 1.165) is 25.9 Å². The lowest BCUT2D eigenvalue weighted by Gasteiger charge is -2.32. The molecule has 0 bridgehead atoms. The summed E-state index contributed by atoms with van der Waals surface area (Å²) in [6.07, 6.45) is 1.80. The van der Waals surface area contributed by atoms with Crippen LogP contribution in [-0.2, 0) is 4.74 Å². The van der Waals surface area contributed by atoms with Crippen molar-refractivity contribution in [3.63, 3.8) is 0 Å². The van der Waals surface area contributed by atoms with Crippen molar-refractivity contribution in [3.8, 4) is 5.75 Å². The molecule has 4 nitrogen and oxygen atoms in total. The fourth-order valence-corrected chi connectivity index (χ4v) is 2.79. The third kappa shape index (κ3) is 5.31. The van der Waals surface area contributed by atoms with Gasteiger partial charge in [0, 0.05) is 37.8 Å². The highest BCUT2D eigenvalue weighted by molar-refractivity contribution is 6.34. The van der Waals surface area contributed by atoms with E-state index in [9.17, 15) is 5.11 Å². The lowest BCUT2D eigenvalue weighted by atomic mass is 10.1. The van der Waals surface area contributed by atoms with E-state index < -0.39 is 6.10 Å². The SMILES string of the molecule is COC1CCN(CC(O)COc2cc(Cl)ccc2Cl)CC1. The molecule has 1 fully saturated rings. The Balaban J connectivity index is 1.75. The fourth-order valence-electron chi connectivity index (χ4n) is 2.45. The number of halogens is 2. The van der Waals surface area contributed by atoms with Crippen molar-refractivity contribution in [1.29, 1.82) is 0 Å². The molecule has 2 rings (SSSR count). The monoisotopic (exact) mass is 333 g/mol. The van der Waals surface area contributed by atoms with Gasteiger partial charge < -0.3 is 19.5 Å². The second kappa shape index (κ2) is 8.20. The molecule has 1 aliphatic heterocycles. The van der Waals surface area contributed by atoms with Crippen LogP contribution in [0.15, 0.2) is 18.2 Å². The number of methoxy groups -OCH3 is 1. The number of hydrogen-bond acceptors (Lipinski definition) is 4. The van der Waals surface area contributed by atoms with Crippen LogP contribution < -0.4 is 4.74 Å². The minimum absolute atomic E-state index is 0.199. The van der Waals surface area contributed by atoms with E-state index in [1.54, 1.807) is 25.3 Å². The third-order valence-electron chi connectivity index (χ3n) is 3.66. The van der Waals surface area contributed by atoms with Gasteiger partial charge in [0.15, 0.2) is 0 Å². The second-order valence-electron chi connectivity index (χ2n) is 5.28. The quantitative estimate of drug-likeness (QED) is 0.869. The molecule has 1 heterocycles. The molecule has 0 aromatic heterocycles. The smallest absolute Gasteiger partial charge is 0.139 e. The number of piperidine rings is 1. The van der Waals surface area contributed by atoms with Crippen LogP contribution in [0, 0.1) is 0 Å². The summed E-state index contributed by atoms with van der Waals surface area (Å²) in [5.41, 5.74) is 0. The number of aliphatic hydroxyl groups is 1. The minimum Gasteiger partial charge on any atom is -0.489 e. The normalized spacial score (nSPS) is 18.7. The Bertz CT molecular complexity index is 451. The molecule has 0 amide bonds. The molecule has 1 aliphatic rings. The molecule has 1 saturated heterocycles. The molecule has 1 unspecified atom stereocenters. The van der Waals surface area contributed by atoms with Crippen LogP contribution >= 0.6 is 23.2 Å². The van der Waals surface area contributed by atoms with Gasteiger partial charge in [0.1, 0.15) is 18.5 Å². The molecule has 1 aromatic carbocycles. The van der Waals surface area contributed by atoms with Crippen molar-refractivity contribution in [2.45, 2.75) is 25.0 Å². The fraction of sp³-hybridized carbons (Fsp3) is 0.600. The van der Waals surface area contributed by atoms with E-state index in [4.69, 9.17) is 32.7 Å². The highest BCUT2D eigenvalue weighted by atomic mass is 35.5. The first kappa shape index (κ1) is 16.8. The maximum Gasteiger partial charge on any atom is 0.139 e. The summed E-state index contributed by atoms with van der Waals surface area (Å²) in [6.45, 7) is 2.67. The largest absolute Gasteiger partial charge is 0.489 e. The van der Waals surface area contributed by atoms with Gasteiger partial charge in [0.25, 0.3) is 0 Å². The maximum atomic E-state index is 10.1. The highest BCUT2D eigenvalue weighted by Gasteiger charge is 2.20. The van der Waals surface area contributed by atoms with Gasteiger partial charge in [-0.3, -0.25) is 0 Å². The Morgan fingerprint density at radius 1 is 1.33 bits per heavy atom. The predicted octanol–water partition coefficient (Wildman–Crippen LogP) is 2.84. The number of benzene rings is 1. The van der Waals surface area contributed by atoms with Gasteiger partial charge in [-0.05, 0) is 25.0 Å². The van der Waals surface area contributed by atoms with Gasteiger partial charge >= 0.3 is 0 Å². The highest BCUT2D eigenvalue weighted by Crippen LogP contribution is 2.27. The zero-order chi connectivity index (χ0) is 15.2. The first-order valence-electron chi connectivity index (χ1n) is 7.09. The van der Waals surface area contributed by atoms with Gasteiger partial charge in [-0.15, -0.1) is 0 Å². The van der Waals surface area contributed by atoms with Gasteiger partial charge in [0.05, 0.1) is 11.1 Å². The van der Waals surface area contributed by atoms with E-state index in [1.165, 1.54) is 0 Å². The van der Waals surface area contributed by atoms with Gasteiger partial charge in [0.2, 0.25) is 0 Å². The van der Waals surface area contributed by atoms with Crippen molar-refractivity contribution in [2.75, 3.05) is 33.4 Å². The van der Waals surface area contributed by atoms with Gasteiger partial charge in [-0.25, -0.2) is 0 Å². The summed E-state index contributed by atoms with van der Waals surface area (Å²) in [7, 11) is 1.75. The summed E-state index contributed by atoms with van der Waals surface area (Å²) in [5.74, 6) is 0.501. The average Bonchev–Trinajstić information content (AvgIpc) is 2.49. The number of ether oxygens (including phenoxy) is 2. The zero-order valence-corrected chi connectivity index (χ0v) is 13.6. The van der Waals surface area contributed by atoms with Crippen LogP contribution in [-0.4, -0.2) is 55.6 Å². The molecule has 1 N–H and O–H groups in total. The number of rotatable bonds is 6. The maximum absolute atomic E-state index is 10.1. The number of nitrogens with zero attached hydrogens (tertiary/aromatic N) is 1. The Morgan fingerprint density at radius 2 is 2.05 bits per heavy atom. The Morgan fingerprint density at radius 3 is 2.71 bits per heavy atom. The summed E-state index contributed by atoms with van der Waals surface area (Å²) >= 11 is 11.9. The average molecular weight is 334 g/mol. The number of aliphatic hydroxyl groups excluding tert-OH is 1. The third-order valence-corrected chi connectivity index (χ3v) is 4.21. The molecule has 1 aromatic rings. The molecule has 6 heteroatoms. The molecular formula is C15H21Cl2NO3. The van der Waals surface area contributed by atoms with E-state index in [-0.39, 0.29) is 6.61 Å². The minimum atomic E-state index is -0.556. The summed E-state index contributed by atoms with van der Waals surface area (Å²) in [4.78, 5) is 2.23. The molecular weight excluding hydrogens is 313 g/mol. The molecule has 21 heavy (non-hydrogen) atoms. The molecule has 0 saturated carbocycles. The van der Waals surface area contributed by atoms with Crippen molar-refractivity contribution >= 4 is 23.2 Å². The molecule has 118 valence electrons. The Labute approximate surface area is 135 Å². The topological polar surface area (TPSA) is 41.9 Å². The first-order valence-corrected chi connectivity index (χ1v) is 7.85. The number of β-amino-alcohol motifs (C(OH)–C–C–N with tert-alkyl or cyclic N) is 1. The van der Waals surface area contributed by atoms with Crippen molar-refractivity contribution < 1.29 is 14.6 Å². The van der Waals surface area contributed by atoms with E-state index >= 15 is 0 Å². The summed E-state index contributed by atoms with van der Waals surface area (Å²) in [6, 6.07) is 5.04. The summed E-state index contributed by atoms with van der Waals surface area (Å²) < 4.78 is 10.9. The standard InChI is InChI=1S/C15H21Cl2NO3/c1-20-13-4-6-18(7-5-13)9-12(19)10-21-15-8-11(16)2-3-14(15)17/h2-3,8,12-13,19H,4-7,9-10H2,1H3. The van der Waals surface area contributed by atoms with Crippen LogP contribution in [0.4, 0.5) is 0 Å². The van der Waals surface area contributed by atoms with Crippen molar-refractivity contribution in [3.05, 3.63) is 28.2 Å². The van der Waals surface area contributed by atoms with Gasteiger partial charge in [-0.1, -0.05) is 23.2 Å². The lowest BCUT2D eigenvalue weighted by Crippen LogP contribution is -2.42. The van der Waals surface area contributed by atoms with Crippen LogP contribution in [0.3, 0.4) is 0 Å². The van der Waals surface area contributed by atoms with Crippen molar-refractivity contribution in [1.82, 2.24) is 4.90 Å². The van der Waals surface area contributed by atoms with Crippen LogP contribution in [0.5, 0.6) is 5.75 Å². The first-order chi connectivity index (χ1) is 10.1. The van der Waals surface area contributed by atoms with E-state index in [0.29, 0.717) is 28.4 Å². The lowest BCUT2D eigenvalue weighted by molar-refractivity contribution is 0.0153. The molecule has 1 atom stereocenters. The second-order valence-corrected chi connectivity index (χ2v) is 6.12. The predicted molar refractivity (Wildman–Crippen MR) is 84.4 cm³/mol. The van der Waals surface area contributed by atoms with Crippen LogP contribution in [0.25, 0.3) is 0 Å². The summed E-state index contributed by atoms with van der Waals surface area (Å²) in [5, 5.41) is 11.1. The van der Waals surface area contributed by atoms with E-state index in [2.05, 4.69) is 4.90 Å². The van der Waals surface area contributed by atoms with Crippen LogP contribution in [0.1, 0.15) is 12.8 Å². The molecule has 0 spiro atoms.